The molecule has 1 aliphatic heterocycles. The molecule has 1 amide bonds. The number of imidazole rings is 1. The lowest BCUT2D eigenvalue weighted by Crippen LogP contribution is -2.44. The molecule has 176 valence electrons. The third-order valence-electron chi connectivity index (χ3n) is 5.17. The number of H-pyrrole nitrogens is 1. The molecule has 0 spiro atoms. The van der Waals surface area contributed by atoms with E-state index in [4.69, 9.17) is 11.6 Å². The lowest BCUT2D eigenvalue weighted by atomic mass is 9.86. The van der Waals surface area contributed by atoms with Gasteiger partial charge in [-0.15, -0.1) is 0 Å². The number of aromatic nitrogens is 3. The van der Waals surface area contributed by atoms with Gasteiger partial charge in [0.25, 0.3) is 0 Å². The van der Waals surface area contributed by atoms with Crippen LogP contribution in [0.1, 0.15) is 31.4 Å². The molecule has 0 bridgehead atoms. The van der Waals surface area contributed by atoms with Crippen LogP contribution in [0, 0.1) is 11.7 Å². The lowest BCUT2D eigenvalue weighted by Gasteiger charge is -2.35. The maximum Gasteiger partial charge on any atom is 0.234 e. The zero-order valence-electron chi connectivity index (χ0n) is 17.4. The second-order valence-corrected chi connectivity index (χ2v) is 11.9. The minimum atomic E-state index is -3.75. The maximum absolute atomic E-state index is 13.1. The minimum Gasteiger partial charge on any atom is -0.339 e. The fourth-order valence-electron chi connectivity index (χ4n) is 3.65. The first kappa shape index (κ1) is 24.6. The van der Waals surface area contributed by atoms with Crippen LogP contribution < -0.4 is 4.72 Å². The van der Waals surface area contributed by atoms with Crippen LogP contribution in [-0.4, -0.2) is 67.1 Å². The van der Waals surface area contributed by atoms with Crippen molar-refractivity contribution in [2.45, 2.75) is 25.7 Å². The van der Waals surface area contributed by atoms with Gasteiger partial charge in [0, 0.05) is 25.4 Å². The highest BCUT2D eigenvalue weighted by molar-refractivity contribution is 7.89. The monoisotopic (exact) mass is 507 g/mol. The van der Waals surface area contributed by atoms with Crippen molar-refractivity contribution in [1.82, 2.24) is 24.0 Å². The van der Waals surface area contributed by atoms with E-state index >= 15 is 0 Å². The molecule has 0 aliphatic carbocycles. The molecule has 0 saturated carbocycles. The molecule has 0 aromatic carbocycles. The van der Waals surface area contributed by atoms with Gasteiger partial charge in [-0.05, 0) is 24.5 Å². The summed E-state index contributed by atoms with van der Waals surface area (Å²) in [5.74, 6) is -1.65. The number of halogens is 2. The highest BCUT2D eigenvalue weighted by atomic mass is 35.5. The molecule has 10 nitrogen and oxygen atoms in total. The summed E-state index contributed by atoms with van der Waals surface area (Å²) in [6.45, 7) is 2.31. The molecular weight excluding hydrogens is 485 g/mol. The Bertz CT molecular complexity index is 1200. The van der Waals surface area contributed by atoms with E-state index < -0.39 is 43.9 Å². The Morgan fingerprint density at radius 2 is 2.06 bits per heavy atom. The Kier molecular flexibility index (Phi) is 7.22. The van der Waals surface area contributed by atoms with Gasteiger partial charge in [-0.3, -0.25) is 9.52 Å². The van der Waals surface area contributed by atoms with E-state index in [0.29, 0.717) is 23.6 Å². The summed E-state index contributed by atoms with van der Waals surface area (Å²) >= 11 is 6.32. The first-order valence-corrected chi connectivity index (χ1v) is 13.6. The summed E-state index contributed by atoms with van der Waals surface area (Å²) in [6, 6.07) is 2.74. The molecule has 32 heavy (non-hydrogen) atoms. The van der Waals surface area contributed by atoms with Gasteiger partial charge in [-0.25, -0.2) is 35.5 Å². The van der Waals surface area contributed by atoms with Crippen molar-refractivity contribution in [2.24, 2.45) is 5.92 Å². The van der Waals surface area contributed by atoms with Gasteiger partial charge in [0.1, 0.15) is 11.5 Å². The number of sulfonamides is 2. The molecule has 1 saturated heterocycles. The number of hydrogen-bond donors (Lipinski definition) is 2. The SMILES string of the molecule is C[C@H]1CN(S(=O)(=O)CCC(=O)NS(C)(=O)=O)CC[C@H]1c1[nH]c(-c2ccc(F)cn2)nc1Cl. The Hall–Kier alpha value is -2.09. The topological polar surface area (TPSA) is 142 Å². The summed E-state index contributed by atoms with van der Waals surface area (Å²) in [7, 11) is -7.49. The molecule has 1 aliphatic rings. The third kappa shape index (κ3) is 6.03. The molecule has 1 fully saturated rings. The zero-order chi connectivity index (χ0) is 23.7. The van der Waals surface area contributed by atoms with Crippen LogP contribution in [0.25, 0.3) is 11.5 Å². The molecule has 2 N–H and O–H groups in total. The van der Waals surface area contributed by atoms with Gasteiger partial charge in [-0.2, -0.15) is 0 Å². The summed E-state index contributed by atoms with van der Waals surface area (Å²) in [5, 5.41) is 0.247. The van der Waals surface area contributed by atoms with E-state index in [2.05, 4.69) is 15.0 Å². The predicted molar refractivity (Wildman–Crippen MR) is 116 cm³/mol. The number of carbonyl (C=O) groups excluding carboxylic acids is 1. The molecule has 3 heterocycles. The normalized spacial score (nSPS) is 20.2. The zero-order valence-corrected chi connectivity index (χ0v) is 19.8. The molecule has 14 heteroatoms. The average molecular weight is 508 g/mol. The minimum absolute atomic E-state index is 0.0934. The second kappa shape index (κ2) is 9.41. The van der Waals surface area contributed by atoms with Crippen molar-refractivity contribution in [3.05, 3.63) is 35.0 Å². The van der Waals surface area contributed by atoms with E-state index in [-0.39, 0.29) is 30.1 Å². The van der Waals surface area contributed by atoms with Crippen LogP contribution in [0.2, 0.25) is 5.15 Å². The fourth-order valence-corrected chi connectivity index (χ4v) is 5.98. The molecular formula is C18H23ClFN5O5S2. The van der Waals surface area contributed by atoms with Crippen molar-refractivity contribution in [3.63, 3.8) is 0 Å². The Morgan fingerprint density at radius 1 is 1.34 bits per heavy atom. The number of hydrogen-bond acceptors (Lipinski definition) is 7. The van der Waals surface area contributed by atoms with Crippen LogP contribution >= 0.6 is 11.6 Å². The van der Waals surface area contributed by atoms with E-state index in [1.165, 1.54) is 16.4 Å². The van der Waals surface area contributed by atoms with Crippen LogP contribution in [0.5, 0.6) is 0 Å². The highest BCUT2D eigenvalue weighted by Gasteiger charge is 2.35. The lowest BCUT2D eigenvalue weighted by molar-refractivity contribution is -0.118. The standard InChI is InChI=1S/C18H23ClFN5O5S2/c1-11-10-25(32(29,30)8-6-15(26)24-31(2,27)28)7-5-13(11)16-17(19)23-18(22-16)14-4-3-12(20)9-21-14/h3-4,9,11,13H,5-8,10H2,1-2H3,(H,22,23)(H,24,26)/t11-,13+/m0/s1. The van der Waals surface area contributed by atoms with E-state index in [1.54, 1.807) is 4.72 Å². The number of carbonyl (C=O) groups is 1. The largest absolute Gasteiger partial charge is 0.339 e. The molecule has 2 atom stereocenters. The van der Waals surface area contributed by atoms with E-state index in [0.717, 1.165) is 12.5 Å². The number of rotatable bonds is 7. The molecule has 2 aromatic rings. The first-order chi connectivity index (χ1) is 14.9. The molecule has 3 rings (SSSR count). The van der Waals surface area contributed by atoms with Crippen LogP contribution in [0.4, 0.5) is 4.39 Å². The first-order valence-electron chi connectivity index (χ1n) is 9.71. The van der Waals surface area contributed by atoms with E-state index in [1.807, 2.05) is 6.92 Å². The molecule has 0 radical (unpaired) electrons. The summed E-state index contributed by atoms with van der Waals surface area (Å²) in [6.07, 6.45) is 1.91. The van der Waals surface area contributed by atoms with Crippen LogP contribution in [0.15, 0.2) is 18.3 Å². The summed E-state index contributed by atoms with van der Waals surface area (Å²) in [5.41, 5.74) is 1.09. The highest BCUT2D eigenvalue weighted by Crippen LogP contribution is 2.37. The number of pyridine rings is 1. The van der Waals surface area contributed by atoms with Gasteiger partial charge < -0.3 is 4.98 Å². The number of amides is 1. The van der Waals surface area contributed by atoms with E-state index in [9.17, 15) is 26.0 Å². The Morgan fingerprint density at radius 3 is 2.66 bits per heavy atom. The number of piperidine rings is 1. The Labute approximate surface area is 190 Å². The van der Waals surface area contributed by atoms with Crippen molar-refractivity contribution in [1.29, 1.82) is 0 Å². The van der Waals surface area contributed by atoms with Crippen LogP contribution in [0.3, 0.4) is 0 Å². The summed E-state index contributed by atoms with van der Waals surface area (Å²) in [4.78, 5) is 23.0. The van der Waals surface area contributed by atoms with Crippen molar-refractivity contribution in [3.8, 4) is 11.5 Å². The quantitative estimate of drug-likeness (QED) is 0.578. The molecule has 0 unspecified atom stereocenters. The number of nitrogens with zero attached hydrogens (tertiary/aromatic N) is 3. The van der Waals surface area contributed by atoms with Gasteiger partial charge >= 0.3 is 0 Å². The number of nitrogens with one attached hydrogen (secondary N) is 2. The number of aromatic amines is 1. The summed E-state index contributed by atoms with van der Waals surface area (Å²) < 4.78 is 63.6. The predicted octanol–water partition coefficient (Wildman–Crippen LogP) is 1.49. The van der Waals surface area contributed by atoms with Gasteiger partial charge in [0.05, 0.1) is 23.9 Å². The molecule has 2 aromatic heterocycles. The third-order valence-corrected chi connectivity index (χ3v) is 7.90. The van der Waals surface area contributed by atoms with Crippen LogP contribution in [-0.2, 0) is 24.8 Å². The Balaban J connectivity index is 1.66. The van der Waals surface area contributed by atoms with Crippen molar-refractivity contribution < 1.29 is 26.0 Å². The average Bonchev–Trinajstić information content (AvgIpc) is 3.07. The fraction of sp³-hybridized carbons (Fsp3) is 0.500. The van der Waals surface area contributed by atoms with Gasteiger partial charge in [0.15, 0.2) is 11.0 Å². The second-order valence-electron chi connectivity index (χ2n) is 7.75. The van der Waals surface area contributed by atoms with Gasteiger partial charge in [-0.1, -0.05) is 18.5 Å². The van der Waals surface area contributed by atoms with Gasteiger partial charge in [0.2, 0.25) is 26.0 Å². The smallest absolute Gasteiger partial charge is 0.234 e. The van der Waals surface area contributed by atoms with Crippen molar-refractivity contribution >= 4 is 37.6 Å². The maximum atomic E-state index is 13.1. The van der Waals surface area contributed by atoms with Crippen molar-refractivity contribution in [2.75, 3.05) is 25.1 Å².